The first-order valence-electron chi connectivity index (χ1n) is 7.43. The van der Waals surface area contributed by atoms with Crippen LogP contribution < -0.4 is 5.32 Å². The van der Waals surface area contributed by atoms with Gasteiger partial charge in [0.05, 0.1) is 6.04 Å². The van der Waals surface area contributed by atoms with Gasteiger partial charge in [0.15, 0.2) is 5.78 Å². The number of carbonyl (C=O) groups excluding carboxylic acids is 2. The lowest BCUT2D eigenvalue weighted by molar-refractivity contribution is -0.126. The first-order valence-corrected chi connectivity index (χ1v) is 7.43. The molecule has 1 aliphatic carbocycles. The van der Waals surface area contributed by atoms with E-state index in [0.29, 0.717) is 24.0 Å². The van der Waals surface area contributed by atoms with Gasteiger partial charge in [-0.15, -0.1) is 0 Å². The highest BCUT2D eigenvalue weighted by molar-refractivity contribution is 5.92. The minimum Gasteiger partial charge on any atom is -0.445 e. The lowest BCUT2D eigenvalue weighted by atomic mass is 9.91. The van der Waals surface area contributed by atoms with Crippen molar-refractivity contribution in [1.29, 1.82) is 0 Å². The number of amides is 1. The number of carbonyl (C=O) groups is 2. The molecule has 1 saturated carbocycles. The van der Waals surface area contributed by atoms with Crippen LogP contribution in [0.15, 0.2) is 48.5 Å². The molecule has 23 heavy (non-hydrogen) atoms. The summed E-state index contributed by atoms with van der Waals surface area (Å²) in [6.07, 6.45) is 0.487. The summed E-state index contributed by atoms with van der Waals surface area (Å²) in [7, 11) is 0. The van der Waals surface area contributed by atoms with Crippen LogP contribution in [0.25, 0.3) is 11.1 Å². The minimum atomic E-state index is -0.657. The molecule has 4 nitrogen and oxygen atoms in total. The van der Waals surface area contributed by atoms with Gasteiger partial charge < -0.3 is 10.1 Å². The molecule has 0 aliphatic heterocycles. The van der Waals surface area contributed by atoms with E-state index < -0.39 is 12.1 Å². The van der Waals surface area contributed by atoms with E-state index in [1.807, 2.05) is 30.3 Å². The number of hydrogen-bond acceptors (Lipinski definition) is 3. The minimum absolute atomic E-state index is 0.0141. The second-order valence-electron chi connectivity index (χ2n) is 5.46. The topological polar surface area (TPSA) is 55.4 Å². The molecular weight excluding hydrogens is 297 g/mol. The molecule has 0 spiro atoms. The van der Waals surface area contributed by atoms with Crippen LogP contribution in [-0.4, -0.2) is 17.9 Å². The Morgan fingerprint density at radius 2 is 2.00 bits per heavy atom. The highest BCUT2D eigenvalue weighted by atomic mass is 19.1. The zero-order chi connectivity index (χ0) is 16.2. The maximum atomic E-state index is 14.2. The number of benzene rings is 2. The Balaban J connectivity index is 1.60. The van der Waals surface area contributed by atoms with Crippen molar-refractivity contribution < 1.29 is 18.7 Å². The van der Waals surface area contributed by atoms with Crippen molar-refractivity contribution in [2.75, 3.05) is 0 Å². The van der Waals surface area contributed by atoms with Gasteiger partial charge >= 0.3 is 6.09 Å². The monoisotopic (exact) mass is 313 g/mol. The lowest BCUT2D eigenvalue weighted by Gasteiger charge is -2.24. The third-order valence-electron chi connectivity index (χ3n) is 3.85. The van der Waals surface area contributed by atoms with Gasteiger partial charge in [0.25, 0.3) is 0 Å². The summed E-state index contributed by atoms with van der Waals surface area (Å²) in [5.41, 5.74) is 1.84. The molecule has 1 fully saturated rings. The number of ketones is 1. The van der Waals surface area contributed by atoms with Crippen LogP contribution in [0.5, 0.6) is 0 Å². The van der Waals surface area contributed by atoms with Crippen molar-refractivity contribution >= 4 is 11.9 Å². The summed E-state index contributed by atoms with van der Waals surface area (Å²) in [4.78, 5) is 22.7. The zero-order valence-corrected chi connectivity index (χ0v) is 12.4. The molecule has 0 aromatic heterocycles. The number of halogens is 1. The van der Waals surface area contributed by atoms with Crippen LogP contribution in [0, 0.1) is 5.82 Å². The van der Waals surface area contributed by atoms with E-state index in [0.717, 1.165) is 5.56 Å². The van der Waals surface area contributed by atoms with Gasteiger partial charge in [-0.1, -0.05) is 42.5 Å². The fourth-order valence-corrected chi connectivity index (χ4v) is 2.39. The van der Waals surface area contributed by atoms with Crippen LogP contribution >= 0.6 is 0 Å². The Morgan fingerprint density at radius 3 is 2.61 bits per heavy atom. The van der Waals surface area contributed by atoms with Gasteiger partial charge in [-0.2, -0.15) is 0 Å². The Hall–Kier alpha value is -2.69. The maximum absolute atomic E-state index is 14.2. The molecule has 0 heterocycles. The molecule has 1 N–H and O–H groups in total. The smallest absolute Gasteiger partial charge is 0.408 e. The fourth-order valence-electron chi connectivity index (χ4n) is 2.39. The molecule has 3 rings (SSSR count). The molecule has 2 aromatic rings. The SMILES string of the molecule is O=C(N[C@H]1CCC1=O)OCc1ccc(-c2ccccc2)c(F)c1. The van der Waals surface area contributed by atoms with Gasteiger partial charge in [-0.25, -0.2) is 9.18 Å². The van der Waals surface area contributed by atoms with Crippen molar-refractivity contribution in [1.82, 2.24) is 5.32 Å². The van der Waals surface area contributed by atoms with Gasteiger partial charge in [0, 0.05) is 12.0 Å². The molecule has 2 aromatic carbocycles. The van der Waals surface area contributed by atoms with Crippen molar-refractivity contribution in [3.8, 4) is 11.1 Å². The van der Waals surface area contributed by atoms with E-state index in [2.05, 4.69) is 5.32 Å². The van der Waals surface area contributed by atoms with E-state index in [9.17, 15) is 14.0 Å². The van der Waals surface area contributed by atoms with E-state index in [-0.39, 0.29) is 18.2 Å². The Labute approximate surface area is 133 Å². The third-order valence-corrected chi connectivity index (χ3v) is 3.85. The van der Waals surface area contributed by atoms with E-state index in [1.54, 1.807) is 12.1 Å². The van der Waals surface area contributed by atoms with Gasteiger partial charge in [0.1, 0.15) is 12.4 Å². The van der Waals surface area contributed by atoms with Crippen LogP contribution in [-0.2, 0) is 16.1 Å². The first-order chi connectivity index (χ1) is 11.1. The molecule has 1 aliphatic rings. The number of ether oxygens (including phenoxy) is 1. The highest BCUT2D eigenvalue weighted by Gasteiger charge is 2.29. The number of nitrogens with one attached hydrogen (secondary N) is 1. The predicted octanol–water partition coefficient (Wildman–Crippen LogP) is 3.45. The largest absolute Gasteiger partial charge is 0.445 e. The summed E-state index contributed by atoms with van der Waals surface area (Å²) >= 11 is 0. The summed E-state index contributed by atoms with van der Waals surface area (Å²) < 4.78 is 19.2. The number of Topliss-reactive ketones (excluding diaryl/α,β-unsaturated/α-hetero) is 1. The van der Waals surface area contributed by atoms with Gasteiger partial charge in [0.2, 0.25) is 0 Å². The molecule has 0 bridgehead atoms. The number of rotatable bonds is 4. The molecular formula is C18H16FNO3. The van der Waals surface area contributed by atoms with Crippen LogP contribution in [0.4, 0.5) is 9.18 Å². The van der Waals surface area contributed by atoms with Crippen molar-refractivity contribution in [3.63, 3.8) is 0 Å². The predicted molar refractivity (Wildman–Crippen MR) is 83.2 cm³/mol. The van der Waals surface area contributed by atoms with Crippen molar-refractivity contribution in [3.05, 3.63) is 59.9 Å². The Morgan fingerprint density at radius 1 is 1.22 bits per heavy atom. The third kappa shape index (κ3) is 3.56. The molecule has 0 saturated heterocycles. The highest BCUT2D eigenvalue weighted by Crippen LogP contribution is 2.23. The summed E-state index contributed by atoms with van der Waals surface area (Å²) in [6, 6.07) is 13.5. The molecule has 1 amide bonds. The van der Waals surface area contributed by atoms with E-state index >= 15 is 0 Å². The van der Waals surface area contributed by atoms with Crippen molar-refractivity contribution in [2.24, 2.45) is 0 Å². The summed E-state index contributed by atoms with van der Waals surface area (Å²) in [5.74, 6) is -0.355. The number of alkyl carbamates (subject to hydrolysis) is 1. The molecule has 0 radical (unpaired) electrons. The molecule has 0 unspecified atom stereocenters. The van der Waals surface area contributed by atoms with Crippen LogP contribution in [0.3, 0.4) is 0 Å². The average molecular weight is 313 g/mol. The standard InChI is InChI=1S/C18H16FNO3/c19-15-10-12(6-7-14(15)13-4-2-1-3-5-13)11-23-18(22)20-16-8-9-17(16)21/h1-7,10,16H,8-9,11H2,(H,20,22)/t16-/m0/s1. The quantitative estimate of drug-likeness (QED) is 0.940. The van der Waals surface area contributed by atoms with Crippen LogP contribution in [0.1, 0.15) is 18.4 Å². The molecule has 5 heteroatoms. The average Bonchev–Trinajstić information content (AvgIpc) is 2.57. The first kappa shape index (κ1) is 15.2. The van der Waals surface area contributed by atoms with E-state index in [1.165, 1.54) is 6.07 Å². The second-order valence-corrected chi connectivity index (χ2v) is 5.46. The fraction of sp³-hybridized carbons (Fsp3) is 0.222. The maximum Gasteiger partial charge on any atom is 0.408 e. The van der Waals surface area contributed by atoms with Crippen molar-refractivity contribution in [2.45, 2.75) is 25.5 Å². The Kier molecular flexibility index (Phi) is 4.37. The summed E-state index contributed by atoms with van der Waals surface area (Å²) in [5, 5.41) is 2.48. The normalized spacial score (nSPS) is 16.6. The van der Waals surface area contributed by atoms with Crippen LogP contribution in [0.2, 0.25) is 0 Å². The lowest BCUT2D eigenvalue weighted by Crippen LogP contribution is -2.47. The van der Waals surface area contributed by atoms with Gasteiger partial charge in [-0.05, 0) is 23.6 Å². The zero-order valence-electron chi connectivity index (χ0n) is 12.4. The van der Waals surface area contributed by atoms with E-state index in [4.69, 9.17) is 4.74 Å². The second kappa shape index (κ2) is 6.60. The Bertz CT molecular complexity index is 730. The number of hydrogen-bond donors (Lipinski definition) is 1. The molecule has 118 valence electrons. The molecule has 1 atom stereocenters. The van der Waals surface area contributed by atoms with Gasteiger partial charge in [-0.3, -0.25) is 4.79 Å². The summed E-state index contributed by atoms with van der Waals surface area (Å²) in [6.45, 7) is -0.0429.